The Morgan fingerprint density at radius 1 is 1.19 bits per heavy atom. The lowest BCUT2D eigenvalue weighted by molar-refractivity contribution is -0.121. The minimum absolute atomic E-state index is 0.116. The van der Waals surface area contributed by atoms with E-state index in [1.54, 1.807) is 0 Å². The molecule has 2 N–H and O–H groups in total. The van der Waals surface area contributed by atoms with Gasteiger partial charge in [0.25, 0.3) is 5.91 Å². The normalized spacial score (nSPS) is 9.62. The number of hydrogen-bond acceptors (Lipinski definition) is 2. The van der Waals surface area contributed by atoms with Crippen LogP contribution in [0.2, 0.25) is 0 Å². The van der Waals surface area contributed by atoms with Crippen LogP contribution in [0.3, 0.4) is 0 Å². The van der Waals surface area contributed by atoms with Gasteiger partial charge in [-0.2, -0.15) is 0 Å². The zero-order valence-corrected chi connectivity index (χ0v) is 9.05. The van der Waals surface area contributed by atoms with Gasteiger partial charge in [-0.15, -0.1) is 11.6 Å². The van der Waals surface area contributed by atoms with Crippen LogP contribution in [0.5, 0.6) is 0 Å². The average molecular weight is 245 g/mol. The second-order valence-corrected chi connectivity index (χ2v) is 3.33. The molecule has 0 radical (unpaired) electrons. The van der Waals surface area contributed by atoms with Gasteiger partial charge in [0.15, 0.2) is 0 Å². The van der Waals surface area contributed by atoms with Crippen molar-refractivity contribution in [2.24, 2.45) is 0 Å². The quantitative estimate of drug-likeness (QED) is 0.620. The lowest BCUT2D eigenvalue weighted by Crippen LogP contribution is -2.41. The smallest absolute Gasteiger partial charge is 0.269 e. The van der Waals surface area contributed by atoms with Gasteiger partial charge in [-0.05, 0) is 24.3 Å². The number of alkyl halides is 1. The molecular weight excluding hydrogens is 235 g/mol. The topological polar surface area (TPSA) is 58.2 Å². The fourth-order valence-electron chi connectivity index (χ4n) is 0.948. The van der Waals surface area contributed by atoms with Gasteiger partial charge < -0.3 is 0 Å². The van der Waals surface area contributed by atoms with Gasteiger partial charge in [0.1, 0.15) is 5.82 Å². The van der Waals surface area contributed by atoms with Gasteiger partial charge in [0, 0.05) is 17.9 Å². The van der Waals surface area contributed by atoms with E-state index in [-0.39, 0.29) is 23.8 Å². The predicted molar refractivity (Wildman–Crippen MR) is 57.3 cm³/mol. The summed E-state index contributed by atoms with van der Waals surface area (Å²) >= 11 is 5.33. The van der Waals surface area contributed by atoms with Crippen molar-refractivity contribution in [1.82, 2.24) is 10.9 Å². The van der Waals surface area contributed by atoms with E-state index < -0.39 is 11.7 Å². The lowest BCUT2D eigenvalue weighted by Gasteiger charge is -2.06. The van der Waals surface area contributed by atoms with E-state index in [4.69, 9.17) is 11.6 Å². The molecule has 6 heteroatoms. The summed E-state index contributed by atoms with van der Waals surface area (Å²) in [5.41, 5.74) is 4.62. The zero-order chi connectivity index (χ0) is 12.0. The van der Waals surface area contributed by atoms with Crippen molar-refractivity contribution >= 4 is 23.4 Å². The Bertz CT molecular complexity index is 381. The summed E-state index contributed by atoms with van der Waals surface area (Å²) in [5, 5.41) is 0. The summed E-state index contributed by atoms with van der Waals surface area (Å²) in [6.45, 7) is 0. The maximum Gasteiger partial charge on any atom is 0.269 e. The average Bonchev–Trinajstić information content (AvgIpc) is 2.27. The van der Waals surface area contributed by atoms with E-state index >= 15 is 0 Å². The van der Waals surface area contributed by atoms with E-state index in [9.17, 15) is 14.0 Å². The van der Waals surface area contributed by atoms with Gasteiger partial charge in [-0.25, -0.2) is 4.39 Å². The van der Waals surface area contributed by atoms with E-state index in [1.807, 2.05) is 0 Å². The highest BCUT2D eigenvalue weighted by Crippen LogP contribution is 2.01. The second kappa shape index (κ2) is 6.07. The van der Waals surface area contributed by atoms with Crippen LogP contribution in [-0.2, 0) is 4.79 Å². The molecule has 4 nitrogen and oxygen atoms in total. The van der Waals surface area contributed by atoms with Crippen molar-refractivity contribution in [3.05, 3.63) is 35.6 Å². The number of halogens is 2. The first kappa shape index (κ1) is 12.4. The van der Waals surface area contributed by atoms with Crippen LogP contribution in [-0.4, -0.2) is 17.7 Å². The number of hydrogen-bond donors (Lipinski definition) is 2. The molecular formula is C10H10ClFN2O2. The molecule has 0 unspecified atom stereocenters. The molecule has 86 valence electrons. The first-order chi connectivity index (χ1) is 7.63. The van der Waals surface area contributed by atoms with Crippen molar-refractivity contribution in [3.8, 4) is 0 Å². The highest BCUT2D eigenvalue weighted by molar-refractivity contribution is 6.18. The minimum atomic E-state index is -0.511. The molecule has 0 bridgehead atoms. The van der Waals surface area contributed by atoms with E-state index in [0.29, 0.717) is 0 Å². The molecule has 2 amide bonds. The maximum atomic E-state index is 12.5. The van der Waals surface area contributed by atoms with Crippen LogP contribution in [0, 0.1) is 5.82 Å². The Hall–Kier alpha value is -1.62. The van der Waals surface area contributed by atoms with Crippen molar-refractivity contribution in [1.29, 1.82) is 0 Å². The molecule has 1 rings (SSSR count). The molecule has 1 aromatic rings. The Labute approximate surface area is 96.8 Å². The van der Waals surface area contributed by atoms with Gasteiger partial charge >= 0.3 is 0 Å². The summed E-state index contributed by atoms with van der Waals surface area (Å²) < 4.78 is 12.5. The Morgan fingerprint density at radius 3 is 2.38 bits per heavy atom. The molecule has 0 saturated carbocycles. The maximum absolute atomic E-state index is 12.5. The SMILES string of the molecule is O=C(CCCl)NNC(=O)c1ccc(F)cc1. The summed E-state index contributed by atoms with van der Waals surface area (Å²) in [6, 6.07) is 4.96. The Kier molecular flexibility index (Phi) is 4.72. The second-order valence-electron chi connectivity index (χ2n) is 2.95. The number of amides is 2. The summed E-state index contributed by atoms with van der Waals surface area (Å²) in [5.74, 6) is -1.14. The summed E-state index contributed by atoms with van der Waals surface area (Å²) in [4.78, 5) is 22.3. The van der Waals surface area contributed by atoms with Crippen LogP contribution < -0.4 is 10.9 Å². The number of carbonyl (C=O) groups excluding carboxylic acids is 2. The van der Waals surface area contributed by atoms with Crippen LogP contribution >= 0.6 is 11.6 Å². The molecule has 0 atom stereocenters. The monoisotopic (exact) mass is 244 g/mol. The van der Waals surface area contributed by atoms with Gasteiger partial charge in [-0.3, -0.25) is 20.4 Å². The number of benzene rings is 1. The first-order valence-corrected chi connectivity index (χ1v) is 5.07. The van der Waals surface area contributed by atoms with Crippen LogP contribution in [0.15, 0.2) is 24.3 Å². The fourth-order valence-corrected chi connectivity index (χ4v) is 1.12. The van der Waals surface area contributed by atoms with Crippen molar-refractivity contribution in [2.45, 2.75) is 6.42 Å². The third-order valence-corrected chi connectivity index (χ3v) is 1.93. The highest BCUT2D eigenvalue weighted by atomic mass is 35.5. The van der Waals surface area contributed by atoms with Gasteiger partial charge in [0.2, 0.25) is 5.91 Å². The van der Waals surface area contributed by atoms with Crippen molar-refractivity contribution < 1.29 is 14.0 Å². The number of rotatable bonds is 3. The van der Waals surface area contributed by atoms with Gasteiger partial charge in [-0.1, -0.05) is 0 Å². The Morgan fingerprint density at radius 2 is 1.81 bits per heavy atom. The third kappa shape index (κ3) is 3.86. The largest absolute Gasteiger partial charge is 0.273 e. The molecule has 0 spiro atoms. The Balaban J connectivity index is 2.47. The zero-order valence-electron chi connectivity index (χ0n) is 8.30. The summed E-state index contributed by atoms with van der Waals surface area (Å²) in [7, 11) is 0. The molecule has 0 aliphatic carbocycles. The number of carbonyl (C=O) groups is 2. The van der Waals surface area contributed by atoms with Gasteiger partial charge in [0.05, 0.1) is 0 Å². The molecule has 16 heavy (non-hydrogen) atoms. The van der Waals surface area contributed by atoms with Crippen LogP contribution in [0.4, 0.5) is 4.39 Å². The number of nitrogens with one attached hydrogen (secondary N) is 2. The molecule has 0 heterocycles. The number of hydrazine groups is 1. The van der Waals surface area contributed by atoms with E-state index in [2.05, 4.69) is 10.9 Å². The fraction of sp³-hybridized carbons (Fsp3) is 0.200. The molecule has 0 fully saturated rings. The van der Waals surface area contributed by atoms with E-state index in [1.165, 1.54) is 12.1 Å². The molecule has 1 aromatic carbocycles. The molecule has 0 aromatic heterocycles. The van der Waals surface area contributed by atoms with Crippen LogP contribution in [0.1, 0.15) is 16.8 Å². The van der Waals surface area contributed by atoms with E-state index in [0.717, 1.165) is 12.1 Å². The summed E-state index contributed by atoms with van der Waals surface area (Å²) in [6.07, 6.45) is 0.116. The standard InChI is InChI=1S/C10H10ClFN2O2/c11-6-5-9(15)13-14-10(16)7-1-3-8(12)4-2-7/h1-4H,5-6H2,(H,13,15)(H,14,16). The third-order valence-electron chi connectivity index (χ3n) is 1.74. The molecule has 0 saturated heterocycles. The first-order valence-electron chi connectivity index (χ1n) is 4.54. The lowest BCUT2D eigenvalue weighted by atomic mass is 10.2. The minimum Gasteiger partial charge on any atom is -0.273 e. The van der Waals surface area contributed by atoms with Crippen molar-refractivity contribution in [3.63, 3.8) is 0 Å². The molecule has 0 aliphatic heterocycles. The molecule has 0 aliphatic rings. The van der Waals surface area contributed by atoms with Crippen molar-refractivity contribution in [2.75, 3.05) is 5.88 Å². The highest BCUT2D eigenvalue weighted by Gasteiger charge is 2.06. The van der Waals surface area contributed by atoms with Crippen LogP contribution in [0.25, 0.3) is 0 Å². The predicted octanol–water partition coefficient (Wildman–Crippen LogP) is 1.22.